The molecule has 1 atom stereocenters. The number of nitrogens with zero attached hydrogens (tertiary/aromatic N) is 3. The Kier molecular flexibility index (Phi) is 6.32. The maximum absolute atomic E-state index is 12.6. The highest BCUT2D eigenvalue weighted by atomic mass is 19.4. The van der Waals surface area contributed by atoms with Crippen LogP contribution < -0.4 is 5.32 Å². The molecule has 4 nitrogen and oxygen atoms in total. The average Bonchev–Trinajstić information content (AvgIpc) is 3.35. The van der Waals surface area contributed by atoms with E-state index >= 15 is 0 Å². The molecule has 0 saturated heterocycles. The molecule has 1 aliphatic carbocycles. The monoisotopic (exact) mass is 356 g/mol. The quantitative estimate of drug-likeness (QED) is 0.628. The Morgan fingerprint density at radius 2 is 1.80 bits per heavy atom. The molecule has 1 unspecified atom stereocenters. The molecule has 140 valence electrons. The highest BCUT2D eigenvalue weighted by molar-refractivity contribution is 5.79. The number of hydrogen-bond acceptors (Lipinski definition) is 2. The molecule has 1 aromatic carbocycles. The lowest BCUT2D eigenvalue weighted by atomic mass is 10.1. The van der Waals surface area contributed by atoms with Gasteiger partial charge in [0.05, 0.1) is 5.56 Å². The van der Waals surface area contributed by atoms with Gasteiger partial charge in [-0.3, -0.25) is 4.99 Å². The number of rotatable bonds is 6. The zero-order chi connectivity index (χ0) is 18.6. The third-order valence-corrected chi connectivity index (χ3v) is 4.57. The van der Waals surface area contributed by atoms with Crippen LogP contribution in [0.3, 0.4) is 0 Å². The first kappa shape index (κ1) is 19.6. The van der Waals surface area contributed by atoms with Crippen LogP contribution in [-0.4, -0.2) is 56.5 Å². The normalized spacial score (nSPS) is 16.9. The number of hydrogen-bond donors (Lipinski definition) is 1. The van der Waals surface area contributed by atoms with Crippen LogP contribution in [0.1, 0.15) is 24.0 Å². The SMILES string of the molecule is CN=C(NCC(C1CC1)N(C)C)N(C)Cc1ccc(C(F)(F)F)cc1. The van der Waals surface area contributed by atoms with Crippen molar-refractivity contribution in [3.8, 4) is 0 Å². The second kappa shape index (κ2) is 8.08. The minimum absolute atomic E-state index is 0.469. The van der Waals surface area contributed by atoms with Gasteiger partial charge in [0.15, 0.2) is 5.96 Å². The van der Waals surface area contributed by atoms with Gasteiger partial charge in [0.25, 0.3) is 0 Å². The van der Waals surface area contributed by atoms with Crippen molar-refractivity contribution in [3.63, 3.8) is 0 Å². The van der Waals surface area contributed by atoms with E-state index < -0.39 is 11.7 Å². The molecule has 0 spiro atoms. The fourth-order valence-corrected chi connectivity index (χ4v) is 2.98. The molecule has 25 heavy (non-hydrogen) atoms. The van der Waals surface area contributed by atoms with Crippen molar-refractivity contribution in [1.29, 1.82) is 0 Å². The number of aliphatic imine (C=N–C) groups is 1. The highest BCUT2D eigenvalue weighted by Gasteiger charge is 2.32. The van der Waals surface area contributed by atoms with Gasteiger partial charge in [-0.25, -0.2) is 0 Å². The summed E-state index contributed by atoms with van der Waals surface area (Å²) in [6, 6.07) is 5.73. The number of nitrogens with one attached hydrogen (secondary N) is 1. The Hall–Kier alpha value is -1.76. The summed E-state index contributed by atoms with van der Waals surface area (Å²) in [6.07, 6.45) is -1.76. The second-order valence-electron chi connectivity index (χ2n) is 6.85. The van der Waals surface area contributed by atoms with Gasteiger partial charge in [0.2, 0.25) is 0 Å². The summed E-state index contributed by atoms with van der Waals surface area (Å²) in [5, 5.41) is 3.38. The van der Waals surface area contributed by atoms with Crippen LogP contribution in [0, 0.1) is 5.92 Å². The van der Waals surface area contributed by atoms with E-state index in [-0.39, 0.29) is 0 Å². The third-order valence-electron chi connectivity index (χ3n) is 4.57. The molecular weight excluding hydrogens is 329 g/mol. The van der Waals surface area contributed by atoms with Crippen molar-refractivity contribution in [1.82, 2.24) is 15.1 Å². The number of benzene rings is 1. The zero-order valence-corrected chi connectivity index (χ0v) is 15.3. The first-order valence-corrected chi connectivity index (χ1v) is 8.46. The number of halogens is 3. The Morgan fingerprint density at radius 1 is 1.20 bits per heavy atom. The van der Waals surface area contributed by atoms with Gasteiger partial charge in [0.1, 0.15) is 0 Å². The van der Waals surface area contributed by atoms with E-state index in [1.165, 1.54) is 25.0 Å². The lowest BCUT2D eigenvalue weighted by molar-refractivity contribution is -0.137. The largest absolute Gasteiger partial charge is 0.416 e. The second-order valence-corrected chi connectivity index (χ2v) is 6.85. The maximum Gasteiger partial charge on any atom is 0.416 e. The predicted octanol–water partition coefficient (Wildman–Crippen LogP) is 3.05. The van der Waals surface area contributed by atoms with E-state index in [9.17, 15) is 13.2 Å². The number of alkyl halides is 3. The molecule has 0 aromatic heterocycles. The van der Waals surface area contributed by atoms with E-state index in [0.717, 1.165) is 36.1 Å². The standard InChI is InChI=1S/C18H27F3N4/c1-22-17(23-11-16(24(2)3)14-7-8-14)25(4)12-13-5-9-15(10-6-13)18(19,20)21/h5-6,9-10,14,16H,7-8,11-12H2,1-4H3,(H,22,23). The molecule has 0 aliphatic heterocycles. The lowest BCUT2D eigenvalue weighted by Crippen LogP contribution is -2.46. The van der Waals surface area contributed by atoms with E-state index in [1.54, 1.807) is 7.05 Å². The van der Waals surface area contributed by atoms with Crippen molar-refractivity contribution >= 4 is 5.96 Å². The van der Waals surface area contributed by atoms with Crippen LogP contribution in [0.25, 0.3) is 0 Å². The summed E-state index contributed by atoms with van der Waals surface area (Å²) < 4.78 is 37.9. The van der Waals surface area contributed by atoms with Crippen molar-refractivity contribution in [2.24, 2.45) is 10.9 Å². The Bertz CT molecular complexity index is 575. The van der Waals surface area contributed by atoms with Gasteiger partial charge >= 0.3 is 6.18 Å². The molecule has 0 amide bonds. The average molecular weight is 356 g/mol. The first-order chi connectivity index (χ1) is 11.7. The molecule has 1 aromatic rings. The number of likely N-dealkylation sites (N-methyl/N-ethyl adjacent to an activating group) is 1. The van der Waals surface area contributed by atoms with Gasteiger partial charge in [-0.05, 0) is 50.6 Å². The van der Waals surface area contributed by atoms with Gasteiger partial charge in [-0.1, -0.05) is 12.1 Å². The smallest absolute Gasteiger partial charge is 0.355 e. The minimum atomic E-state index is -4.30. The van der Waals surface area contributed by atoms with Crippen LogP contribution in [-0.2, 0) is 12.7 Å². The van der Waals surface area contributed by atoms with E-state index in [2.05, 4.69) is 29.3 Å². The van der Waals surface area contributed by atoms with E-state index in [0.29, 0.717) is 12.6 Å². The van der Waals surface area contributed by atoms with Crippen LogP contribution >= 0.6 is 0 Å². The fraction of sp³-hybridized carbons (Fsp3) is 0.611. The van der Waals surface area contributed by atoms with Gasteiger partial charge in [-0.15, -0.1) is 0 Å². The molecule has 0 heterocycles. The lowest BCUT2D eigenvalue weighted by Gasteiger charge is -2.28. The van der Waals surface area contributed by atoms with Crippen LogP contribution in [0.15, 0.2) is 29.3 Å². The predicted molar refractivity (Wildman–Crippen MR) is 94.5 cm³/mol. The summed E-state index contributed by atoms with van der Waals surface area (Å²) in [5.41, 5.74) is 0.185. The Morgan fingerprint density at radius 3 is 2.24 bits per heavy atom. The van der Waals surface area contributed by atoms with Crippen molar-refractivity contribution < 1.29 is 13.2 Å². The van der Waals surface area contributed by atoms with Crippen LogP contribution in [0.2, 0.25) is 0 Å². The number of guanidine groups is 1. The van der Waals surface area contributed by atoms with Gasteiger partial charge in [-0.2, -0.15) is 13.2 Å². The summed E-state index contributed by atoms with van der Waals surface area (Å²) in [5.74, 6) is 1.48. The van der Waals surface area contributed by atoms with E-state index in [4.69, 9.17) is 0 Å². The molecule has 1 saturated carbocycles. The summed E-state index contributed by atoms with van der Waals surface area (Å²) in [6.45, 7) is 1.30. The van der Waals surface area contributed by atoms with Gasteiger partial charge < -0.3 is 15.1 Å². The fourth-order valence-electron chi connectivity index (χ4n) is 2.98. The molecule has 2 rings (SSSR count). The summed E-state index contributed by atoms with van der Waals surface area (Å²) >= 11 is 0. The topological polar surface area (TPSA) is 30.9 Å². The Labute approximate surface area is 147 Å². The maximum atomic E-state index is 12.6. The van der Waals surface area contributed by atoms with Crippen molar-refractivity contribution in [3.05, 3.63) is 35.4 Å². The molecule has 1 N–H and O–H groups in total. The van der Waals surface area contributed by atoms with Crippen molar-refractivity contribution in [2.45, 2.75) is 31.6 Å². The molecule has 7 heteroatoms. The minimum Gasteiger partial charge on any atom is -0.355 e. The summed E-state index contributed by atoms with van der Waals surface area (Å²) in [4.78, 5) is 8.43. The van der Waals surface area contributed by atoms with Crippen LogP contribution in [0.5, 0.6) is 0 Å². The first-order valence-electron chi connectivity index (χ1n) is 8.46. The van der Waals surface area contributed by atoms with E-state index in [1.807, 2.05) is 11.9 Å². The zero-order valence-electron chi connectivity index (χ0n) is 15.3. The summed E-state index contributed by atoms with van der Waals surface area (Å²) in [7, 11) is 7.76. The molecule has 1 aliphatic rings. The molecule has 0 radical (unpaired) electrons. The Balaban J connectivity index is 1.92. The molecule has 0 bridgehead atoms. The highest BCUT2D eigenvalue weighted by Crippen LogP contribution is 2.34. The molecular formula is C18H27F3N4. The third kappa shape index (κ3) is 5.63. The molecule has 1 fully saturated rings. The van der Waals surface area contributed by atoms with Crippen molar-refractivity contribution in [2.75, 3.05) is 34.7 Å². The van der Waals surface area contributed by atoms with Crippen LogP contribution in [0.4, 0.5) is 13.2 Å². The van der Waals surface area contributed by atoms with Gasteiger partial charge in [0, 0.05) is 33.2 Å².